The van der Waals surface area contributed by atoms with Crippen molar-refractivity contribution in [2.45, 2.75) is 6.92 Å². The molecule has 17 heavy (non-hydrogen) atoms. The molecule has 0 bridgehead atoms. The van der Waals surface area contributed by atoms with E-state index in [4.69, 9.17) is 4.74 Å². The highest BCUT2D eigenvalue weighted by Crippen LogP contribution is 2.25. The van der Waals surface area contributed by atoms with Crippen molar-refractivity contribution < 1.29 is 9.13 Å². The van der Waals surface area contributed by atoms with Gasteiger partial charge >= 0.3 is 0 Å². The number of ether oxygens (including phenoxy) is 1. The highest BCUT2D eigenvalue weighted by Gasteiger charge is 2.12. The standard InChI is InChI=1S/C12H11FN2O2/c1-7-3-8(5-9(13)4-7)10-11(17-2)12(16)15-6-14-10/h3-6H,1-2H3,(H,14,15,16). The molecule has 0 saturated heterocycles. The van der Waals surface area contributed by atoms with Gasteiger partial charge in [0.1, 0.15) is 11.5 Å². The van der Waals surface area contributed by atoms with E-state index in [1.807, 2.05) is 0 Å². The van der Waals surface area contributed by atoms with Crippen LogP contribution in [0.2, 0.25) is 0 Å². The first-order chi connectivity index (χ1) is 8.11. The van der Waals surface area contributed by atoms with E-state index in [1.54, 1.807) is 13.0 Å². The predicted octanol–water partition coefficient (Wildman–Crippen LogP) is 1.89. The van der Waals surface area contributed by atoms with Gasteiger partial charge in [0.05, 0.1) is 13.4 Å². The Morgan fingerprint density at radius 2 is 2.12 bits per heavy atom. The Morgan fingerprint density at radius 3 is 2.76 bits per heavy atom. The molecule has 2 aromatic rings. The molecule has 1 aromatic heterocycles. The summed E-state index contributed by atoms with van der Waals surface area (Å²) in [6.07, 6.45) is 1.26. The number of nitrogens with zero attached hydrogens (tertiary/aromatic N) is 1. The number of benzene rings is 1. The van der Waals surface area contributed by atoms with Crippen molar-refractivity contribution in [2.24, 2.45) is 0 Å². The number of rotatable bonds is 2. The zero-order valence-electron chi connectivity index (χ0n) is 9.45. The Hall–Kier alpha value is -2.17. The van der Waals surface area contributed by atoms with E-state index in [0.717, 1.165) is 5.56 Å². The van der Waals surface area contributed by atoms with Gasteiger partial charge < -0.3 is 9.72 Å². The van der Waals surface area contributed by atoms with Crippen LogP contribution in [-0.2, 0) is 0 Å². The molecular weight excluding hydrogens is 223 g/mol. The third kappa shape index (κ3) is 2.18. The summed E-state index contributed by atoms with van der Waals surface area (Å²) < 4.78 is 18.3. The maximum absolute atomic E-state index is 13.3. The van der Waals surface area contributed by atoms with Crippen LogP contribution in [0.3, 0.4) is 0 Å². The third-order valence-electron chi connectivity index (χ3n) is 2.33. The number of aromatic amines is 1. The van der Waals surface area contributed by atoms with E-state index in [9.17, 15) is 9.18 Å². The van der Waals surface area contributed by atoms with Crippen LogP contribution in [0.4, 0.5) is 4.39 Å². The average Bonchev–Trinajstić information content (AvgIpc) is 2.27. The van der Waals surface area contributed by atoms with Crippen LogP contribution in [0.5, 0.6) is 5.75 Å². The van der Waals surface area contributed by atoms with Crippen molar-refractivity contribution in [1.82, 2.24) is 9.97 Å². The molecule has 0 unspecified atom stereocenters. The van der Waals surface area contributed by atoms with Gasteiger partial charge in [0.2, 0.25) is 5.75 Å². The molecular formula is C12H11FN2O2. The van der Waals surface area contributed by atoms with Gasteiger partial charge in [0.15, 0.2) is 0 Å². The molecule has 0 atom stereocenters. The van der Waals surface area contributed by atoms with E-state index in [0.29, 0.717) is 11.3 Å². The molecule has 1 N–H and O–H groups in total. The fourth-order valence-electron chi connectivity index (χ4n) is 1.66. The summed E-state index contributed by atoms with van der Waals surface area (Å²) in [6.45, 7) is 1.77. The van der Waals surface area contributed by atoms with E-state index >= 15 is 0 Å². The van der Waals surface area contributed by atoms with Gasteiger partial charge in [0.25, 0.3) is 5.56 Å². The Morgan fingerprint density at radius 1 is 1.35 bits per heavy atom. The molecule has 0 fully saturated rings. The molecule has 4 nitrogen and oxygen atoms in total. The number of halogens is 1. The molecule has 0 aliphatic carbocycles. The Labute approximate surface area is 97.1 Å². The topological polar surface area (TPSA) is 55.0 Å². The van der Waals surface area contributed by atoms with Crippen LogP contribution in [0.25, 0.3) is 11.3 Å². The molecule has 0 amide bonds. The van der Waals surface area contributed by atoms with Crippen molar-refractivity contribution in [3.05, 3.63) is 46.3 Å². The normalized spacial score (nSPS) is 10.3. The first-order valence-electron chi connectivity index (χ1n) is 5.01. The van der Waals surface area contributed by atoms with Gasteiger partial charge in [-0.2, -0.15) is 0 Å². The second-order valence-corrected chi connectivity index (χ2v) is 3.63. The number of methoxy groups -OCH3 is 1. The lowest BCUT2D eigenvalue weighted by molar-refractivity contribution is 0.408. The maximum Gasteiger partial charge on any atom is 0.293 e. The lowest BCUT2D eigenvalue weighted by Gasteiger charge is -2.07. The van der Waals surface area contributed by atoms with Crippen molar-refractivity contribution in [2.75, 3.05) is 7.11 Å². The minimum Gasteiger partial charge on any atom is -0.490 e. The lowest BCUT2D eigenvalue weighted by atomic mass is 10.1. The maximum atomic E-state index is 13.3. The minimum absolute atomic E-state index is 0.0810. The second kappa shape index (κ2) is 4.37. The number of aromatic nitrogens is 2. The Kier molecular flexibility index (Phi) is 2.91. The Balaban J connectivity index is 2.68. The molecule has 0 aliphatic heterocycles. The summed E-state index contributed by atoms with van der Waals surface area (Å²) in [6, 6.07) is 4.47. The molecule has 1 aromatic carbocycles. The van der Waals surface area contributed by atoms with Crippen LogP contribution < -0.4 is 10.3 Å². The zero-order valence-corrected chi connectivity index (χ0v) is 9.45. The fourth-order valence-corrected chi connectivity index (χ4v) is 1.66. The number of aryl methyl sites for hydroxylation is 1. The summed E-state index contributed by atoms with van der Waals surface area (Å²) in [5.74, 6) is -0.290. The minimum atomic E-state index is -0.389. The summed E-state index contributed by atoms with van der Waals surface area (Å²) in [5.41, 5.74) is 1.22. The Bertz CT molecular complexity index is 587. The predicted molar refractivity (Wildman–Crippen MR) is 61.5 cm³/mol. The van der Waals surface area contributed by atoms with Crippen molar-refractivity contribution in [3.8, 4) is 17.0 Å². The molecule has 1 heterocycles. The lowest BCUT2D eigenvalue weighted by Crippen LogP contribution is -2.11. The van der Waals surface area contributed by atoms with Crippen LogP contribution in [0, 0.1) is 12.7 Å². The summed E-state index contributed by atoms with van der Waals surface area (Å²) in [5, 5.41) is 0. The van der Waals surface area contributed by atoms with Crippen LogP contribution in [0.1, 0.15) is 5.56 Å². The third-order valence-corrected chi connectivity index (χ3v) is 2.33. The molecule has 0 radical (unpaired) electrons. The van der Waals surface area contributed by atoms with E-state index < -0.39 is 0 Å². The highest BCUT2D eigenvalue weighted by atomic mass is 19.1. The molecule has 0 saturated carbocycles. The van der Waals surface area contributed by atoms with Crippen molar-refractivity contribution in [1.29, 1.82) is 0 Å². The quantitative estimate of drug-likeness (QED) is 0.863. The van der Waals surface area contributed by atoms with Gasteiger partial charge in [-0.15, -0.1) is 0 Å². The van der Waals surface area contributed by atoms with Crippen LogP contribution in [-0.4, -0.2) is 17.1 Å². The van der Waals surface area contributed by atoms with E-state index in [-0.39, 0.29) is 17.1 Å². The summed E-state index contributed by atoms with van der Waals surface area (Å²) in [7, 11) is 1.38. The van der Waals surface area contributed by atoms with Crippen molar-refractivity contribution >= 4 is 0 Å². The largest absolute Gasteiger partial charge is 0.490 e. The fraction of sp³-hybridized carbons (Fsp3) is 0.167. The SMILES string of the molecule is COc1c(-c2cc(C)cc(F)c2)nc[nH]c1=O. The smallest absolute Gasteiger partial charge is 0.293 e. The van der Waals surface area contributed by atoms with E-state index in [2.05, 4.69) is 9.97 Å². The van der Waals surface area contributed by atoms with Crippen LogP contribution in [0.15, 0.2) is 29.3 Å². The second-order valence-electron chi connectivity index (χ2n) is 3.63. The monoisotopic (exact) mass is 234 g/mol. The number of nitrogens with one attached hydrogen (secondary N) is 1. The van der Waals surface area contributed by atoms with Gasteiger partial charge in [0, 0.05) is 5.56 Å². The highest BCUT2D eigenvalue weighted by molar-refractivity contribution is 5.66. The van der Waals surface area contributed by atoms with Crippen LogP contribution >= 0.6 is 0 Å². The number of H-pyrrole nitrogens is 1. The zero-order chi connectivity index (χ0) is 12.4. The average molecular weight is 234 g/mol. The molecule has 2 rings (SSSR count). The van der Waals surface area contributed by atoms with Crippen molar-refractivity contribution in [3.63, 3.8) is 0 Å². The van der Waals surface area contributed by atoms with Gasteiger partial charge in [-0.1, -0.05) is 0 Å². The molecule has 88 valence electrons. The molecule has 0 aliphatic rings. The van der Waals surface area contributed by atoms with Gasteiger partial charge in [-0.3, -0.25) is 4.79 Å². The molecule has 0 spiro atoms. The summed E-state index contributed by atoms with van der Waals surface area (Å²) >= 11 is 0. The first kappa shape index (κ1) is 11.3. The van der Waals surface area contributed by atoms with Gasteiger partial charge in [-0.05, 0) is 30.7 Å². The number of hydrogen-bond donors (Lipinski definition) is 1. The summed E-state index contributed by atoms with van der Waals surface area (Å²) in [4.78, 5) is 17.9. The van der Waals surface area contributed by atoms with E-state index in [1.165, 1.54) is 25.6 Å². The first-order valence-corrected chi connectivity index (χ1v) is 5.01. The number of hydrogen-bond acceptors (Lipinski definition) is 3. The molecule has 5 heteroatoms. The van der Waals surface area contributed by atoms with Gasteiger partial charge in [-0.25, -0.2) is 9.37 Å².